The van der Waals surface area contributed by atoms with Gasteiger partial charge in [-0.1, -0.05) is 24.3 Å². The summed E-state index contributed by atoms with van der Waals surface area (Å²) in [6.07, 6.45) is 0. The van der Waals surface area contributed by atoms with E-state index in [2.05, 4.69) is 20.6 Å². The van der Waals surface area contributed by atoms with Crippen LogP contribution in [0.15, 0.2) is 72.8 Å². The molecule has 4 rings (SSSR count). The third kappa shape index (κ3) is 3.74. The molecule has 0 aliphatic heterocycles. The zero-order valence-electron chi connectivity index (χ0n) is 14.7. The molecular formula is C21H18N4O2. The molecule has 0 saturated carbocycles. The second kappa shape index (κ2) is 7.21. The number of anilines is 2. The Hall–Kier alpha value is -3.80. The van der Waals surface area contributed by atoms with Gasteiger partial charge in [-0.3, -0.25) is 0 Å². The maximum absolute atomic E-state index is 12.2. The van der Waals surface area contributed by atoms with Crippen LogP contribution < -0.4 is 15.4 Å². The molecule has 1 heterocycles. The molecule has 4 aromatic rings. The number of urea groups is 1. The van der Waals surface area contributed by atoms with Gasteiger partial charge in [-0.05, 0) is 48.5 Å². The number of amides is 2. The highest BCUT2D eigenvalue weighted by atomic mass is 16.5. The number of nitrogens with zero attached hydrogens (tertiary/aromatic N) is 1. The highest BCUT2D eigenvalue weighted by Gasteiger charge is 2.07. The number of carbonyl (C=O) groups is 1. The van der Waals surface area contributed by atoms with Crippen molar-refractivity contribution in [3.63, 3.8) is 0 Å². The molecule has 0 bridgehead atoms. The van der Waals surface area contributed by atoms with Gasteiger partial charge in [-0.25, -0.2) is 9.78 Å². The molecule has 2 amide bonds. The monoisotopic (exact) mass is 358 g/mol. The molecule has 0 radical (unpaired) electrons. The molecule has 0 unspecified atom stereocenters. The number of fused-ring (bicyclic) bond motifs is 1. The Morgan fingerprint density at radius 1 is 0.926 bits per heavy atom. The van der Waals surface area contributed by atoms with Gasteiger partial charge in [0.15, 0.2) is 0 Å². The minimum Gasteiger partial charge on any atom is -0.497 e. The molecule has 0 fully saturated rings. The number of aromatic nitrogens is 2. The smallest absolute Gasteiger partial charge is 0.323 e. The fourth-order valence-corrected chi connectivity index (χ4v) is 2.80. The van der Waals surface area contributed by atoms with Crippen molar-refractivity contribution in [2.24, 2.45) is 0 Å². The Bertz CT molecular complexity index is 1050. The average Bonchev–Trinajstić information content (AvgIpc) is 3.13. The number of para-hydroxylation sites is 2. The molecule has 6 heteroatoms. The van der Waals surface area contributed by atoms with Crippen LogP contribution in [0.4, 0.5) is 16.2 Å². The summed E-state index contributed by atoms with van der Waals surface area (Å²) in [7, 11) is 1.60. The third-order valence-electron chi connectivity index (χ3n) is 4.13. The predicted molar refractivity (Wildman–Crippen MR) is 107 cm³/mol. The van der Waals surface area contributed by atoms with Gasteiger partial charge in [0, 0.05) is 16.9 Å². The number of nitrogens with one attached hydrogen (secondary N) is 3. The van der Waals surface area contributed by atoms with E-state index in [1.807, 2.05) is 48.5 Å². The van der Waals surface area contributed by atoms with E-state index in [-0.39, 0.29) is 6.03 Å². The van der Waals surface area contributed by atoms with E-state index < -0.39 is 0 Å². The van der Waals surface area contributed by atoms with E-state index in [1.54, 1.807) is 31.4 Å². The number of imidazole rings is 1. The Balaban J connectivity index is 1.49. The number of benzene rings is 3. The lowest BCUT2D eigenvalue weighted by atomic mass is 10.2. The van der Waals surface area contributed by atoms with Gasteiger partial charge in [0.1, 0.15) is 11.6 Å². The van der Waals surface area contributed by atoms with Gasteiger partial charge in [0.25, 0.3) is 0 Å². The molecule has 0 spiro atoms. The molecule has 27 heavy (non-hydrogen) atoms. The summed E-state index contributed by atoms with van der Waals surface area (Å²) < 4.78 is 5.11. The van der Waals surface area contributed by atoms with Crippen molar-refractivity contribution in [2.45, 2.75) is 0 Å². The maximum Gasteiger partial charge on any atom is 0.323 e. The first-order chi connectivity index (χ1) is 13.2. The Morgan fingerprint density at radius 2 is 1.70 bits per heavy atom. The largest absolute Gasteiger partial charge is 0.497 e. The van der Waals surface area contributed by atoms with Crippen molar-refractivity contribution in [1.82, 2.24) is 9.97 Å². The Morgan fingerprint density at radius 3 is 2.48 bits per heavy atom. The Kier molecular flexibility index (Phi) is 4.45. The normalized spacial score (nSPS) is 10.6. The molecule has 6 nitrogen and oxygen atoms in total. The number of ether oxygens (including phenoxy) is 1. The first-order valence-corrected chi connectivity index (χ1v) is 8.48. The molecule has 0 aliphatic rings. The lowest BCUT2D eigenvalue weighted by Crippen LogP contribution is -2.19. The molecule has 3 N–H and O–H groups in total. The number of methoxy groups -OCH3 is 1. The molecule has 0 atom stereocenters. The second-order valence-corrected chi connectivity index (χ2v) is 5.99. The molecule has 134 valence electrons. The minimum atomic E-state index is -0.318. The van der Waals surface area contributed by atoms with E-state index >= 15 is 0 Å². The van der Waals surface area contributed by atoms with E-state index in [0.717, 1.165) is 28.2 Å². The zero-order valence-corrected chi connectivity index (χ0v) is 14.7. The number of carbonyl (C=O) groups excluding carboxylic acids is 1. The first-order valence-electron chi connectivity index (χ1n) is 8.48. The van der Waals surface area contributed by atoms with Gasteiger partial charge < -0.3 is 20.4 Å². The van der Waals surface area contributed by atoms with Crippen molar-refractivity contribution in [2.75, 3.05) is 17.7 Å². The quantitative estimate of drug-likeness (QED) is 0.486. The number of rotatable bonds is 4. The van der Waals surface area contributed by atoms with Gasteiger partial charge in [0.05, 0.1) is 18.1 Å². The van der Waals surface area contributed by atoms with Crippen molar-refractivity contribution >= 4 is 28.4 Å². The van der Waals surface area contributed by atoms with Crippen LogP contribution in [0.5, 0.6) is 5.75 Å². The number of hydrogen-bond donors (Lipinski definition) is 3. The van der Waals surface area contributed by atoms with Crippen LogP contribution in [-0.4, -0.2) is 23.1 Å². The van der Waals surface area contributed by atoms with Crippen LogP contribution in [-0.2, 0) is 0 Å². The lowest BCUT2D eigenvalue weighted by Gasteiger charge is -2.09. The van der Waals surface area contributed by atoms with Gasteiger partial charge >= 0.3 is 6.03 Å². The van der Waals surface area contributed by atoms with Gasteiger partial charge in [-0.2, -0.15) is 0 Å². The number of H-pyrrole nitrogens is 1. The average molecular weight is 358 g/mol. The summed E-state index contributed by atoms with van der Waals surface area (Å²) in [5.74, 6) is 1.50. The van der Waals surface area contributed by atoms with Crippen LogP contribution in [0.2, 0.25) is 0 Å². The summed E-state index contributed by atoms with van der Waals surface area (Å²) in [5.41, 5.74) is 4.14. The van der Waals surface area contributed by atoms with Crippen LogP contribution in [0.25, 0.3) is 22.4 Å². The van der Waals surface area contributed by atoms with E-state index in [9.17, 15) is 4.79 Å². The van der Waals surface area contributed by atoms with E-state index in [1.165, 1.54) is 0 Å². The van der Waals surface area contributed by atoms with Gasteiger partial charge in [0.2, 0.25) is 0 Å². The Labute approximate surface area is 156 Å². The first kappa shape index (κ1) is 16.7. The topological polar surface area (TPSA) is 79.0 Å². The van der Waals surface area contributed by atoms with Crippen molar-refractivity contribution in [1.29, 1.82) is 0 Å². The SMILES string of the molecule is COc1ccc(NC(=O)Nc2cccc(-c3nc4ccccc4[nH]3)c2)cc1. The summed E-state index contributed by atoms with van der Waals surface area (Å²) in [5, 5.41) is 5.63. The maximum atomic E-state index is 12.2. The van der Waals surface area contributed by atoms with Crippen molar-refractivity contribution in [3.8, 4) is 17.1 Å². The third-order valence-corrected chi connectivity index (χ3v) is 4.13. The summed E-state index contributed by atoms with van der Waals surface area (Å²) in [6, 6.07) is 22.2. The summed E-state index contributed by atoms with van der Waals surface area (Å²) >= 11 is 0. The fourth-order valence-electron chi connectivity index (χ4n) is 2.80. The van der Waals surface area contributed by atoms with E-state index in [0.29, 0.717) is 11.4 Å². The van der Waals surface area contributed by atoms with Crippen LogP contribution >= 0.6 is 0 Å². The number of aromatic amines is 1. The number of hydrogen-bond acceptors (Lipinski definition) is 3. The second-order valence-electron chi connectivity index (χ2n) is 5.99. The minimum absolute atomic E-state index is 0.318. The highest BCUT2D eigenvalue weighted by Crippen LogP contribution is 2.23. The van der Waals surface area contributed by atoms with Crippen LogP contribution in [0, 0.1) is 0 Å². The molecule has 3 aromatic carbocycles. The highest BCUT2D eigenvalue weighted by molar-refractivity contribution is 6.00. The summed E-state index contributed by atoms with van der Waals surface area (Å²) in [4.78, 5) is 20.1. The van der Waals surface area contributed by atoms with Crippen molar-refractivity contribution in [3.05, 3.63) is 72.8 Å². The summed E-state index contributed by atoms with van der Waals surface area (Å²) in [6.45, 7) is 0. The fraction of sp³-hybridized carbons (Fsp3) is 0.0476. The van der Waals surface area contributed by atoms with Crippen LogP contribution in [0.1, 0.15) is 0 Å². The van der Waals surface area contributed by atoms with E-state index in [4.69, 9.17) is 4.74 Å². The van der Waals surface area contributed by atoms with Crippen molar-refractivity contribution < 1.29 is 9.53 Å². The molecular weight excluding hydrogens is 340 g/mol. The van der Waals surface area contributed by atoms with Gasteiger partial charge in [-0.15, -0.1) is 0 Å². The molecule has 1 aromatic heterocycles. The zero-order chi connectivity index (χ0) is 18.6. The molecule has 0 saturated heterocycles. The predicted octanol–water partition coefficient (Wildman–Crippen LogP) is 4.88. The molecule has 0 aliphatic carbocycles. The standard InChI is InChI=1S/C21H18N4O2/c1-27-17-11-9-15(10-12-17)22-21(26)23-16-6-4-5-14(13-16)20-24-18-7-2-3-8-19(18)25-20/h2-13H,1H3,(H,24,25)(H2,22,23,26). The van der Waals surface area contributed by atoms with Crippen LogP contribution in [0.3, 0.4) is 0 Å². The lowest BCUT2D eigenvalue weighted by molar-refractivity contribution is 0.262.